The van der Waals surface area contributed by atoms with Gasteiger partial charge in [0.15, 0.2) is 0 Å². The van der Waals surface area contributed by atoms with Crippen molar-refractivity contribution < 1.29 is 4.74 Å². The molecule has 1 unspecified atom stereocenters. The fourth-order valence-corrected chi connectivity index (χ4v) is 1.42. The normalized spacial score (nSPS) is 15.3. The van der Waals surface area contributed by atoms with E-state index < -0.39 is 0 Å². The Hall–Kier alpha value is -0.860. The van der Waals surface area contributed by atoms with Crippen LogP contribution in [0, 0.1) is 0 Å². The number of rotatable bonds is 4. The van der Waals surface area contributed by atoms with E-state index in [4.69, 9.17) is 4.74 Å². The van der Waals surface area contributed by atoms with Gasteiger partial charge in [-0.15, -0.1) is 0 Å². The Morgan fingerprint density at radius 2 is 1.85 bits per heavy atom. The molecule has 1 aromatic carbocycles. The molecule has 0 saturated carbocycles. The minimum Gasteiger partial charge on any atom is -0.375 e. The molecule has 2 heteroatoms. The Morgan fingerprint density at radius 1 is 1.23 bits per heavy atom. The van der Waals surface area contributed by atoms with Crippen LogP contribution in [-0.2, 0) is 4.74 Å². The molecule has 13 heavy (non-hydrogen) atoms. The molecule has 1 N–H and O–H groups in total. The largest absolute Gasteiger partial charge is 0.375 e. The average molecular weight is 179 g/mol. The zero-order valence-corrected chi connectivity index (χ0v) is 8.45. The van der Waals surface area contributed by atoms with E-state index in [0.717, 1.165) is 0 Å². The van der Waals surface area contributed by atoms with E-state index >= 15 is 0 Å². The van der Waals surface area contributed by atoms with Crippen LogP contribution < -0.4 is 5.32 Å². The maximum atomic E-state index is 5.43. The first-order valence-corrected chi connectivity index (χ1v) is 4.54. The van der Waals surface area contributed by atoms with Crippen molar-refractivity contribution in [2.75, 3.05) is 14.2 Å². The van der Waals surface area contributed by atoms with E-state index in [9.17, 15) is 0 Å². The SMILES string of the molecule is CN[C@@H](C)C(OC)c1ccccc1. The first-order chi connectivity index (χ1) is 6.29. The summed E-state index contributed by atoms with van der Waals surface area (Å²) < 4.78 is 5.43. The van der Waals surface area contributed by atoms with Crippen molar-refractivity contribution in [2.45, 2.75) is 19.1 Å². The quantitative estimate of drug-likeness (QED) is 0.763. The maximum Gasteiger partial charge on any atom is 0.0971 e. The summed E-state index contributed by atoms with van der Waals surface area (Å²) >= 11 is 0. The Labute approximate surface area is 79.9 Å². The van der Waals surface area contributed by atoms with E-state index in [1.807, 2.05) is 25.2 Å². The molecule has 0 bridgehead atoms. The second-order valence-electron chi connectivity index (χ2n) is 3.14. The van der Waals surface area contributed by atoms with Gasteiger partial charge in [-0.3, -0.25) is 0 Å². The Bertz CT molecular complexity index is 235. The molecule has 0 fully saturated rings. The summed E-state index contributed by atoms with van der Waals surface area (Å²) in [6.07, 6.45) is 0.131. The van der Waals surface area contributed by atoms with Crippen LogP contribution in [0.4, 0.5) is 0 Å². The van der Waals surface area contributed by atoms with Crippen LogP contribution in [0.25, 0.3) is 0 Å². The highest BCUT2D eigenvalue weighted by Crippen LogP contribution is 2.19. The van der Waals surface area contributed by atoms with Crippen LogP contribution in [0.1, 0.15) is 18.6 Å². The summed E-state index contributed by atoms with van der Waals surface area (Å²) in [7, 11) is 3.69. The fourth-order valence-electron chi connectivity index (χ4n) is 1.42. The van der Waals surface area contributed by atoms with Gasteiger partial charge < -0.3 is 10.1 Å². The van der Waals surface area contributed by atoms with Crippen LogP contribution in [0.5, 0.6) is 0 Å². The first-order valence-electron chi connectivity index (χ1n) is 4.54. The minimum absolute atomic E-state index is 0.131. The summed E-state index contributed by atoms with van der Waals surface area (Å²) in [5.74, 6) is 0. The number of hydrogen-bond acceptors (Lipinski definition) is 2. The minimum atomic E-state index is 0.131. The lowest BCUT2D eigenvalue weighted by molar-refractivity contribution is 0.0761. The summed E-state index contributed by atoms with van der Waals surface area (Å²) in [5, 5.41) is 3.19. The second-order valence-corrected chi connectivity index (χ2v) is 3.14. The third kappa shape index (κ3) is 2.54. The summed E-state index contributed by atoms with van der Waals surface area (Å²) in [6, 6.07) is 10.6. The van der Waals surface area contributed by atoms with Crippen LogP contribution >= 0.6 is 0 Å². The van der Waals surface area contributed by atoms with Crippen molar-refractivity contribution in [1.29, 1.82) is 0 Å². The van der Waals surface area contributed by atoms with Crippen molar-refractivity contribution in [3.05, 3.63) is 35.9 Å². The molecular weight excluding hydrogens is 162 g/mol. The van der Waals surface area contributed by atoms with Gasteiger partial charge in [-0.05, 0) is 19.5 Å². The number of methoxy groups -OCH3 is 1. The molecule has 2 atom stereocenters. The highest BCUT2D eigenvalue weighted by Gasteiger charge is 2.16. The number of hydrogen-bond donors (Lipinski definition) is 1. The van der Waals surface area contributed by atoms with Crippen LogP contribution in [0.3, 0.4) is 0 Å². The molecule has 0 saturated heterocycles. The molecule has 0 amide bonds. The summed E-state index contributed by atoms with van der Waals surface area (Å²) in [4.78, 5) is 0. The highest BCUT2D eigenvalue weighted by molar-refractivity contribution is 5.18. The predicted octanol–water partition coefficient (Wildman–Crippen LogP) is 1.98. The molecular formula is C11H17NO. The van der Waals surface area contributed by atoms with Gasteiger partial charge in [0.05, 0.1) is 6.10 Å². The molecule has 1 rings (SSSR count). The van der Waals surface area contributed by atoms with E-state index in [1.54, 1.807) is 7.11 Å². The average Bonchev–Trinajstić information content (AvgIpc) is 2.20. The fraction of sp³-hybridized carbons (Fsp3) is 0.455. The van der Waals surface area contributed by atoms with Gasteiger partial charge in [0.1, 0.15) is 0 Å². The molecule has 0 aliphatic rings. The maximum absolute atomic E-state index is 5.43. The molecule has 0 spiro atoms. The first kappa shape index (κ1) is 10.2. The van der Waals surface area contributed by atoms with E-state index in [-0.39, 0.29) is 6.10 Å². The van der Waals surface area contributed by atoms with E-state index in [2.05, 4.69) is 24.4 Å². The summed E-state index contributed by atoms with van der Waals surface area (Å²) in [6.45, 7) is 2.11. The van der Waals surface area contributed by atoms with Gasteiger partial charge in [0.2, 0.25) is 0 Å². The monoisotopic (exact) mass is 179 g/mol. The van der Waals surface area contributed by atoms with Crippen LogP contribution in [0.15, 0.2) is 30.3 Å². The Morgan fingerprint density at radius 3 is 2.31 bits per heavy atom. The van der Waals surface area contributed by atoms with Gasteiger partial charge in [0, 0.05) is 13.2 Å². The van der Waals surface area contributed by atoms with Gasteiger partial charge in [0.25, 0.3) is 0 Å². The third-order valence-corrected chi connectivity index (χ3v) is 2.29. The smallest absolute Gasteiger partial charge is 0.0971 e. The standard InChI is InChI=1S/C11H17NO/c1-9(12-2)11(13-3)10-7-5-4-6-8-10/h4-9,11-12H,1-3H3/t9-,11?/m0/s1. The molecule has 0 aromatic heterocycles. The molecule has 0 aliphatic carbocycles. The Balaban J connectivity index is 2.78. The lowest BCUT2D eigenvalue weighted by atomic mass is 10.0. The number of benzene rings is 1. The van der Waals surface area contributed by atoms with Crippen molar-refractivity contribution in [3.8, 4) is 0 Å². The van der Waals surface area contributed by atoms with Crippen LogP contribution in [0.2, 0.25) is 0 Å². The summed E-state index contributed by atoms with van der Waals surface area (Å²) in [5.41, 5.74) is 1.21. The lowest BCUT2D eigenvalue weighted by Gasteiger charge is -2.22. The van der Waals surface area contributed by atoms with E-state index in [0.29, 0.717) is 6.04 Å². The molecule has 2 nitrogen and oxygen atoms in total. The van der Waals surface area contributed by atoms with Crippen molar-refractivity contribution in [2.24, 2.45) is 0 Å². The Kier molecular flexibility index (Phi) is 3.93. The number of ether oxygens (including phenoxy) is 1. The van der Waals surface area contributed by atoms with Gasteiger partial charge in [-0.2, -0.15) is 0 Å². The molecule has 0 aliphatic heterocycles. The predicted molar refractivity (Wildman–Crippen MR) is 54.7 cm³/mol. The number of nitrogens with one attached hydrogen (secondary N) is 1. The lowest BCUT2D eigenvalue weighted by Crippen LogP contribution is -2.29. The zero-order valence-electron chi connectivity index (χ0n) is 8.45. The van der Waals surface area contributed by atoms with Crippen molar-refractivity contribution in [3.63, 3.8) is 0 Å². The van der Waals surface area contributed by atoms with Crippen molar-refractivity contribution >= 4 is 0 Å². The molecule has 72 valence electrons. The molecule has 0 heterocycles. The van der Waals surface area contributed by atoms with Gasteiger partial charge >= 0.3 is 0 Å². The second kappa shape index (κ2) is 5.00. The van der Waals surface area contributed by atoms with Gasteiger partial charge in [-0.25, -0.2) is 0 Å². The zero-order chi connectivity index (χ0) is 9.68. The topological polar surface area (TPSA) is 21.3 Å². The van der Waals surface area contributed by atoms with Crippen LogP contribution in [-0.4, -0.2) is 20.2 Å². The highest BCUT2D eigenvalue weighted by atomic mass is 16.5. The molecule has 1 aromatic rings. The van der Waals surface area contributed by atoms with Crippen molar-refractivity contribution in [1.82, 2.24) is 5.32 Å². The van der Waals surface area contributed by atoms with E-state index in [1.165, 1.54) is 5.56 Å². The third-order valence-electron chi connectivity index (χ3n) is 2.29. The molecule has 0 radical (unpaired) electrons. The number of likely N-dealkylation sites (N-methyl/N-ethyl adjacent to an activating group) is 1. The van der Waals surface area contributed by atoms with Gasteiger partial charge in [-0.1, -0.05) is 30.3 Å².